The van der Waals surface area contributed by atoms with Crippen LogP contribution in [0.5, 0.6) is 0 Å². The molecule has 0 aliphatic carbocycles. The molecule has 0 heterocycles. The highest BCUT2D eigenvalue weighted by Crippen LogP contribution is 2.36. The fourth-order valence-corrected chi connectivity index (χ4v) is 6.93. The zero-order valence-electron chi connectivity index (χ0n) is 32.5. The Bertz CT molecular complexity index is 2230. The van der Waals surface area contributed by atoms with E-state index in [-0.39, 0.29) is 0 Å². The molecule has 0 fully saturated rings. The van der Waals surface area contributed by atoms with Crippen LogP contribution in [0.15, 0.2) is 199 Å². The summed E-state index contributed by atoms with van der Waals surface area (Å²) in [6.45, 7) is 8.51. The van der Waals surface area contributed by atoms with Gasteiger partial charge in [-0.15, -0.1) is 0 Å². The largest absolute Gasteiger partial charge is 0.311 e. The summed E-state index contributed by atoms with van der Waals surface area (Å²) in [6.07, 6.45) is 13.1. The molecule has 274 valence electrons. The highest BCUT2D eigenvalue weighted by Gasteiger charge is 2.13. The van der Waals surface area contributed by atoms with Gasteiger partial charge in [0.2, 0.25) is 0 Å². The molecule has 7 rings (SSSR count). The van der Waals surface area contributed by atoms with Gasteiger partial charge in [0.1, 0.15) is 0 Å². The molecule has 0 saturated heterocycles. The standard InChI is InChI=1S/C54H46BrN/c1-39-11-23-45(24-12-39)53(46-25-13-40(2)14-26-46)9-5-7-43-19-33-50(34-20-43)56(52-37-31-49(55)32-38-52)51-35-21-44(22-36-51)8-6-10-54(47-27-15-41(3)16-28-47)48-29-17-42(4)18-30-48/h5-38H,1-4H3. The lowest BCUT2D eigenvalue weighted by Gasteiger charge is -2.25. The molecule has 1 nitrogen and oxygen atoms in total. The highest BCUT2D eigenvalue weighted by atomic mass is 79.9. The molecular formula is C54H46BrN. The third-order valence-electron chi connectivity index (χ3n) is 9.94. The topological polar surface area (TPSA) is 3.24 Å². The van der Waals surface area contributed by atoms with Gasteiger partial charge in [-0.3, -0.25) is 0 Å². The van der Waals surface area contributed by atoms with E-state index >= 15 is 0 Å². The van der Waals surface area contributed by atoms with Gasteiger partial charge >= 0.3 is 0 Å². The van der Waals surface area contributed by atoms with E-state index in [2.05, 4.69) is 255 Å². The summed E-state index contributed by atoms with van der Waals surface area (Å²) in [7, 11) is 0. The van der Waals surface area contributed by atoms with Crippen molar-refractivity contribution in [2.45, 2.75) is 27.7 Å². The van der Waals surface area contributed by atoms with Gasteiger partial charge < -0.3 is 4.90 Å². The second kappa shape index (κ2) is 17.9. The fourth-order valence-electron chi connectivity index (χ4n) is 6.67. The molecule has 0 bridgehead atoms. The highest BCUT2D eigenvalue weighted by molar-refractivity contribution is 9.10. The maximum atomic E-state index is 3.62. The Morgan fingerprint density at radius 2 is 0.625 bits per heavy atom. The van der Waals surface area contributed by atoms with Gasteiger partial charge in [0.05, 0.1) is 0 Å². The van der Waals surface area contributed by atoms with Crippen molar-refractivity contribution in [3.8, 4) is 0 Å². The maximum Gasteiger partial charge on any atom is 0.0462 e. The smallest absolute Gasteiger partial charge is 0.0462 e. The first-order chi connectivity index (χ1) is 27.3. The third-order valence-corrected chi connectivity index (χ3v) is 10.5. The number of halogens is 1. The molecule has 0 aromatic heterocycles. The van der Waals surface area contributed by atoms with E-state index in [9.17, 15) is 0 Å². The summed E-state index contributed by atoms with van der Waals surface area (Å²) in [5.41, 5.74) is 17.8. The number of aryl methyl sites for hydroxylation is 4. The Balaban J connectivity index is 1.14. The quantitative estimate of drug-likeness (QED) is 0.118. The first-order valence-corrected chi connectivity index (χ1v) is 19.9. The first kappa shape index (κ1) is 38.1. The van der Waals surface area contributed by atoms with Crippen molar-refractivity contribution < 1.29 is 0 Å². The molecule has 0 radical (unpaired) electrons. The van der Waals surface area contributed by atoms with Crippen LogP contribution in [0.25, 0.3) is 23.3 Å². The van der Waals surface area contributed by atoms with Crippen molar-refractivity contribution in [1.82, 2.24) is 0 Å². The predicted molar refractivity (Wildman–Crippen MR) is 246 cm³/mol. The molecule has 0 N–H and O–H groups in total. The van der Waals surface area contributed by atoms with Gasteiger partial charge in [0, 0.05) is 21.5 Å². The maximum absolute atomic E-state index is 3.62. The molecule has 2 heteroatoms. The Morgan fingerprint density at radius 1 is 0.357 bits per heavy atom. The molecule has 0 atom stereocenters. The van der Waals surface area contributed by atoms with E-state index in [0.717, 1.165) is 32.7 Å². The van der Waals surface area contributed by atoms with Crippen molar-refractivity contribution in [1.29, 1.82) is 0 Å². The fraction of sp³-hybridized carbons (Fsp3) is 0.0741. The Morgan fingerprint density at radius 3 is 0.911 bits per heavy atom. The Kier molecular flexibility index (Phi) is 12.2. The second-order valence-corrected chi connectivity index (χ2v) is 15.3. The molecule has 0 aliphatic rings. The van der Waals surface area contributed by atoms with E-state index in [0.29, 0.717) is 0 Å². The lowest BCUT2D eigenvalue weighted by Crippen LogP contribution is -2.09. The lowest BCUT2D eigenvalue weighted by molar-refractivity contribution is 1.28. The molecule has 0 saturated carbocycles. The normalized spacial score (nSPS) is 11.2. The minimum Gasteiger partial charge on any atom is -0.311 e. The summed E-state index contributed by atoms with van der Waals surface area (Å²) >= 11 is 3.62. The summed E-state index contributed by atoms with van der Waals surface area (Å²) in [6, 6.07) is 61.0. The van der Waals surface area contributed by atoms with Crippen LogP contribution < -0.4 is 4.90 Å². The van der Waals surface area contributed by atoms with E-state index in [4.69, 9.17) is 0 Å². The number of anilines is 3. The SMILES string of the molecule is Cc1ccc(C(=CC=Cc2ccc(N(c3ccc(Br)cc3)c3ccc(C=CC=C(c4ccc(C)cc4)c4ccc(C)cc4)cc3)cc2)c2ccc(C)cc2)cc1. The molecule has 7 aromatic rings. The number of benzene rings is 7. The van der Waals surface area contributed by atoms with Crippen LogP contribution in [-0.2, 0) is 0 Å². The Hall–Kier alpha value is -6.22. The monoisotopic (exact) mass is 787 g/mol. The second-order valence-electron chi connectivity index (χ2n) is 14.3. The molecule has 0 aliphatic heterocycles. The van der Waals surface area contributed by atoms with Crippen LogP contribution in [0, 0.1) is 27.7 Å². The number of rotatable bonds is 11. The average molecular weight is 789 g/mol. The molecule has 7 aromatic carbocycles. The van der Waals surface area contributed by atoms with Crippen LogP contribution in [-0.4, -0.2) is 0 Å². The molecule has 0 spiro atoms. The van der Waals surface area contributed by atoms with Crippen molar-refractivity contribution in [3.05, 3.63) is 254 Å². The van der Waals surface area contributed by atoms with Crippen molar-refractivity contribution in [3.63, 3.8) is 0 Å². The van der Waals surface area contributed by atoms with E-state index in [1.54, 1.807) is 0 Å². The van der Waals surface area contributed by atoms with Crippen LogP contribution in [0.2, 0.25) is 0 Å². The van der Waals surface area contributed by atoms with Crippen LogP contribution in [0.4, 0.5) is 17.1 Å². The number of allylic oxidation sites excluding steroid dienone is 4. The number of hydrogen-bond donors (Lipinski definition) is 0. The Labute approximate surface area is 341 Å². The zero-order valence-corrected chi connectivity index (χ0v) is 34.0. The van der Waals surface area contributed by atoms with Crippen LogP contribution in [0.3, 0.4) is 0 Å². The summed E-state index contributed by atoms with van der Waals surface area (Å²) < 4.78 is 1.05. The summed E-state index contributed by atoms with van der Waals surface area (Å²) in [5.74, 6) is 0. The van der Waals surface area contributed by atoms with Crippen LogP contribution in [0.1, 0.15) is 55.6 Å². The number of hydrogen-bond acceptors (Lipinski definition) is 1. The van der Waals surface area contributed by atoms with Crippen molar-refractivity contribution in [2.75, 3.05) is 4.90 Å². The van der Waals surface area contributed by atoms with Crippen LogP contribution >= 0.6 is 15.9 Å². The number of nitrogens with zero attached hydrogens (tertiary/aromatic N) is 1. The lowest BCUT2D eigenvalue weighted by atomic mass is 9.96. The first-order valence-electron chi connectivity index (χ1n) is 19.1. The third kappa shape index (κ3) is 9.71. The average Bonchev–Trinajstić information content (AvgIpc) is 3.22. The zero-order chi connectivity index (χ0) is 38.9. The summed E-state index contributed by atoms with van der Waals surface area (Å²) in [4.78, 5) is 2.30. The minimum absolute atomic E-state index is 1.05. The van der Waals surface area contributed by atoms with E-state index in [1.807, 2.05) is 0 Å². The summed E-state index contributed by atoms with van der Waals surface area (Å²) in [5, 5.41) is 0. The van der Waals surface area contributed by atoms with Gasteiger partial charge in [-0.05, 0) is 121 Å². The van der Waals surface area contributed by atoms with Gasteiger partial charge in [0.25, 0.3) is 0 Å². The molecule has 56 heavy (non-hydrogen) atoms. The van der Waals surface area contributed by atoms with Gasteiger partial charge in [-0.2, -0.15) is 0 Å². The predicted octanol–water partition coefficient (Wildman–Crippen LogP) is 15.4. The van der Waals surface area contributed by atoms with Gasteiger partial charge in [0.15, 0.2) is 0 Å². The van der Waals surface area contributed by atoms with Gasteiger partial charge in [-0.1, -0.05) is 196 Å². The van der Waals surface area contributed by atoms with E-state index in [1.165, 1.54) is 55.7 Å². The molecule has 0 unspecified atom stereocenters. The molecule has 0 amide bonds. The molecular weight excluding hydrogens is 743 g/mol. The van der Waals surface area contributed by atoms with Crippen molar-refractivity contribution >= 4 is 56.3 Å². The van der Waals surface area contributed by atoms with Gasteiger partial charge in [-0.25, -0.2) is 0 Å². The van der Waals surface area contributed by atoms with Crippen molar-refractivity contribution in [2.24, 2.45) is 0 Å². The van der Waals surface area contributed by atoms with E-state index < -0.39 is 0 Å². The minimum atomic E-state index is 1.05.